The zero-order valence-corrected chi connectivity index (χ0v) is 22.4. The standard InChI is InChI=1S/C26H31N5O3S2/c1-5-13-31-22-10-9-20(36(33,34)30-14-11-17(2)12-15-30)16-21(22)24(25(31)32)28-29-26(35)27-23-18(3)7-6-8-19(23)4/h5-10,16-17,32H,1,11-15H2,2-4H3,(H,27,35). The van der Waals surface area contributed by atoms with E-state index in [1.807, 2.05) is 32.0 Å². The van der Waals surface area contributed by atoms with E-state index in [-0.39, 0.29) is 21.6 Å². The maximum absolute atomic E-state index is 13.4. The molecule has 36 heavy (non-hydrogen) atoms. The van der Waals surface area contributed by atoms with E-state index >= 15 is 0 Å². The van der Waals surface area contributed by atoms with Gasteiger partial charge in [0.1, 0.15) is 0 Å². The van der Waals surface area contributed by atoms with Crippen LogP contribution in [-0.2, 0) is 16.6 Å². The largest absolute Gasteiger partial charge is 0.493 e. The summed E-state index contributed by atoms with van der Waals surface area (Å²) in [6.45, 7) is 11.1. The maximum Gasteiger partial charge on any atom is 0.243 e. The number of sulfonamides is 1. The van der Waals surface area contributed by atoms with Gasteiger partial charge in [0.25, 0.3) is 0 Å². The van der Waals surface area contributed by atoms with E-state index in [1.54, 1.807) is 28.8 Å². The van der Waals surface area contributed by atoms with Crippen LogP contribution in [0.5, 0.6) is 5.88 Å². The Morgan fingerprint density at radius 2 is 1.89 bits per heavy atom. The second-order valence-corrected chi connectivity index (χ2v) is 11.6. The van der Waals surface area contributed by atoms with Crippen molar-refractivity contribution in [1.29, 1.82) is 0 Å². The van der Waals surface area contributed by atoms with Crippen LogP contribution in [0.3, 0.4) is 0 Å². The van der Waals surface area contributed by atoms with Gasteiger partial charge in [-0.15, -0.1) is 16.8 Å². The Morgan fingerprint density at radius 3 is 2.53 bits per heavy atom. The summed E-state index contributed by atoms with van der Waals surface area (Å²) in [6.07, 6.45) is 3.32. The van der Waals surface area contributed by atoms with Crippen LogP contribution >= 0.6 is 12.2 Å². The van der Waals surface area contributed by atoms with Crippen molar-refractivity contribution in [2.45, 2.75) is 45.1 Å². The second-order valence-electron chi connectivity index (χ2n) is 9.23. The molecule has 4 rings (SSSR count). The molecule has 0 spiro atoms. The lowest BCUT2D eigenvalue weighted by molar-refractivity contribution is 0.288. The highest BCUT2D eigenvalue weighted by Crippen LogP contribution is 2.40. The van der Waals surface area contributed by atoms with Crippen molar-refractivity contribution in [2.75, 3.05) is 18.4 Å². The van der Waals surface area contributed by atoms with Crippen LogP contribution in [0.2, 0.25) is 0 Å². The topological polar surface area (TPSA) is 99.3 Å². The molecule has 0 radical (unpaired) electrons. The Hall–Kier alpha value is -3.08. The molecular weight excluding hydrogens is 494 g/mol. The van der Waals surface area contributed by atoms with Crippen LogP contribution in [0.25, 0.3) is 10.9 Å². The molecule has 8 nitrogen and oxygen atoms in total. The van der Waals surface area contributed by atoms with Crippen LogP contribution in [0.4, 0.5) is 11.4 Å². The zero-order chi connectivity index (χ0) is 26.0. The molecule has 0 aliphatic carbocycles. The van der Waals surface area contributed by atoms with E-state index in [1.165, 1.54) is 4.31 Å². The predicted molar refractivity (Wildman–Crippen MR) is 148 cm³/mol. The summed E-state index contributed by atoms with van der Waals surface area (Å²) < 4.78 is 29.8. The monoisotopic (exact) mass is 525 g/mol. The molecule has 1 aromatic heterocycles. The van der Waals surface area contributed by atoms with Crippen LogP contribution < -0.4 is 5.32 Å². The summed E-state index contributed by atoms with van der Waals surface area (Å²) in [4.78, 5) is 0.160. The van der Waals surface area contributed by atoms with Gasteiger partial charge in [-0.25, -0.2) is 8.42 Å². The number of hydrogen-bond acceptors (Lipinski definition) is 5. The van der Waals surface area contributed by atoms with Crippen LogP contribution in [-0.4, -0.2) is 40.6 Å². The van der Waals surface area contributed by atoms with E-state index in [0.717, 1.165) is 29.7 Å². The number of fused-ring (bicyclic) bond motifs is 1. The smallest absolute Gasteiger partial charge is 0.243 e. The van der Waals surface area contributed by atoms with Crippen LogP contribution in [0, 0.1) is 19.8 Å². The highest BCUT2D eigenvalue weighted by molar-refractivity contribution is 7.89. The highest BCUT2D eigenvalue weighted by Gasteiger charge is 2.29. The van der Waals surface area contributed by atoms with Gasteiger partial charge in [-0.2, -0.15) is 4.31 Å². The summed E-state index contributed by atoms with van der Waals surface area (Å²) >= 11 is 5.38. The number of nitrogens with one attached hydrogen (secondary N) is 1. The first-order valence-corrected chi connectivity index (χ1v) is 13.7. The lowest BCUT2D eigenvalue weighted by Crippen LogP contribution is -2.37. The summed E-state index contributed by atoms with van der Waals surface area (Å²) in [5, 5.41) is 23.0. The molecule has 2 aromatic carbocycles. The minimum atomic E-state index is -3.68. The average Bonchev–Trinajstić information content (AvgIpc) is 3.11. The molecular formula is C26H31N5O3S2. The molecule has 1 fully saturated rings. The Kier molecular flexibility index (Phi) is 7.58. The van der Waals surface area contributed by atoms with Crippen molar-refractivity contribution < 1.29 is 13.5 Å². The number of aromatic nitrogens is 1. The Morgan fingerprint density at radius 1 is 1.22 bits per heavy atom. The molecule has 2 heterocycles. The summed E-state index contributed by atoms with van der Waals surface area (Å²) in [5.74, 6) is 0.376. The van der Waals surface area contributed by atoms with Gasteiger partial charge in [-0.05, 0) is 74.2 Å². The number of benzene rings is 2. The van der Waals surface area contributed by atoms with Gasteiger partial charge >= 0.3 is 0 Å². The van der Waals surface area contributed by atoms with Crippen molar-refractivity contribution in [3.05, 3.63) is 60.2 Å². The number of piperidine rings is 1. The lowest BCUT2D eigenvalue weighted by atomic mass is 10.0. The number of aryl methyl sites for hydroxylation is 2. The first-order chi connectivity index (χ1) is 17.1. The molecule has 2 N–H and O–H groups in total. The molecule has 0 atom stereocenters. The number of nitrogens with zero attached hydrogens (tertiary/aromatic N) is 4. The first kappa shape index (κ1) is 26.0. The van der Waals surface area contributed by atoms with E-state index in [9.17, 15) is 13.5 Å². The highest BCUT2D eigenvalue weighted by atomic mass is 32.2. The number of allylic oxidation sites excluding steroid dienone is 1. The lowest BCUT2D eigenvalue weighted by Gasteiger charge is -2.29. The van der Waals surface area contributed by atoms with Crippen molar-refractivity contribution in [3.63, 3.8) is 0 Å². The van der Waals surface area contributed by atoms with E-state index < -0.39 is 10.0 Å². The van der Waals surface area contributed by atoms with Gasteiger partial charge in [0.2, 0.25) is 21.0 Å². The van der Waals surface area contributed by atoms with Crippen molar-refractivity contribution in [2.24, 2.45) is 16.1 Å². The number of rotatable bonds is 6. The Balaban J connectivity index is 1.71. The quantitative estimate of drug-likeness (QED) is 0.232. The minimum absolute atomic E-state index is 0.127. The van der Waals surface area contributed by atoms with Crippen molar-refractivity contribution in [1.82, 2.24) is 8.87 Å². The van der Waals surface area contributed by atoms with Gasteiger partial charge in [0.05, 0.1) is 10.4 Å². The van der Waals surface area contributed by atoms with Gasteiger partial charge in [-0.3, -0.25) is 0 Å². The molecule has 0 bridgehead atoms. The van der Waals surface area contributed by atoms with Gasteiger partial charge in [0, 0.05) is 30.7 Å². The zero-order valence-electron chi connectivity index (χ0n) is 20.7. The van der Waals surface area contributed by atoms with E-state index in [0.29, 0.717) is 36.5 Å². The molecule has 1 aliphatic rings. The molecule has 1 saturated heterocycles. The molecule has 10 heteroatoms. The molecule has 0 unspecified atom stereocenters. The summed E-state index contributed by atoms with van der Waals surface area (Å²) in [7, 11) is -3.68. The van der Waals surface area contributed by atoms with Gasteiger partial charge in [0.15, 0.2) is 5.69 Å². The summed E-state index contributed by atoms with van der Waals surface area (Å²) in [6, 6.07) is 10.7. The number of para-hydroxylation sites is 1. The third-order valence-corrected chi connectivity index (χ3v) is 8.71. The molecule has 3 aromatic rings. The number of hydrogen-bond donors (Lipinski definition) is 2. The molecule has 190 valence electrons. The molecule has 0 amide bonds. The maximum atomic E-state index is 13.4. The van der Waals surface area contributed by atoms with Gasteiger partial charge in [-0.1, -0.05) is 31.2 Å². The SMILES string of the molecule is C=CCn1c(O)c(N=NC(=S)Nc2c(C)cccc2C)c2cc(S(=O)(=O)N3CCC(C)CC3)ccc21. The fourth-order valence-electron chi connectivity index (χ4n) is 4.49. The number of azo groups is 1. The minimum Gasteiger partial charge on any atom is -0.493 e. The molecule has 0 saturated carbocycles. The third kappa shape index (κ3) is 5.07. The molecule has 1 aliphatic heterocycles. The number of anilines is 1. The second kappa shape index (κ2) is 10.5. The van der Waals surface area contributed by atoms with Crippen LogP contribution in [0.1, 0.15) is 30.9 Å². The Labute approximate surface area is 217 Å². The van der Waals surface area contributed by atoms with Crippen LogP contribution in [0.15, 0.2) is 64.2 Å². The number of thiocarbonyl (C=S) groups is 1. The van der Waals surface area contributed by atoms with Crippen molar-refractivity contribution in [3.8, 4) is 5.88 Å². The summed E-state index contributed by atoms with van der Waals surface area (Å²) in [5.41, 5.74) is 3.66. The fraction of sp³-hybridized carbons (Fsp3) is 0.346. The van der Waals surface area contributed by atoms with Gasteiger partial charge < -0.3 is 15.0 Å². The van der Waals surface area contributed by atoms with E-state index in [2.05, 4.69) is 29.0 Å². The predicted octanol–water partition coefficient (Wildman–Crippen LogP) is 6.05. The fourth-order valence-corrected chi connectivity index (χ4v) is 6.13. The number of aromatic hydroxyl groups is 1. The normalized spacial score (nSPS) is 15.5. The average molecular weight is 526 g/mol. The van der Waals surface area contributed by atoms with E-state index in [4.69, 9.17) is 12.2 Å². The Bertz CT molecular complexity index is 1430. The third-order valence-electron chi connectivity index (χ3n) is 6.63. The first-order valence-electron chi connectivity index (χ1n) is 11.9. The van der Waals surface area contributed by atoms with Crippen molar-refractivity contribution >= 4 is 49.6 Å².